The number of nitrogen functional groups attached to an aromatic ring is 1. The SMILES string of the molecule is CCCC(C)n1nnnc1-c1cc(N)cc(C)c1F. The van der Waals surface area contributed by atoms with Crippen molar-refractivity contribution in [2.24, 2.45) is 0 Å². The van der Waals surface area contributed by atoms with Gasteiger partial charge < -0.3 is 5.73 Å². The molecule has 0 aliphatic heterocycles. The molecule has 0 spiro atoms. The molecule has 0 fully saturated rings. The molecule has 1 aromatic carbocycles. The molecule has 5 nitrogen and oxygen atoms in total. The van der Waals surface area contributed by atoms with Gasteiger partial charge in [0.1, 0.15) is 5.82 Å². The largest absolute Gasteiger partial charge is 0.399 e. The van der Waals surface area contributed by atoms with Crippen molar-refractivity contribution in [2.45, 2.75) is 39.7 Å². The van der Waals surface area contributed by atoms with Crippen LogP contribution in [-0.4, -0.2) is 20.2 Å². The van der Waals surface area contributed by atoms with E-state index >= 15 is 0 Å². The summed E-state index contributed by atoms with van der Waals surface area (Å²) in [6.07, 6.45) is 1.94. The Labute approximate surface area is 111 Å². The van der Waals surface area contributed by atoms with Crippen molar-refractivity contribution in [3.63, 3.8) is 0 Å². The number of tetrazole rings is 1. The van der Waals surface area contributed by atoms with Crippen molar-refractivity contribution in [2.75, 3.05) is 5.73 Å². The van der Waals surface area contributed by atoms with E-state index in [1.165, 1.54) is 0 Å². The first-order chi connectivity index (χ1) is 9.04. The first-order valence-electron chi connectivity index (χ1n) is 6.38. The number of rotatable bonds is 4. The molecule has 19 heavy (non-hydrogen) atoms. The molecule has 0 aliphatic carbocycles. The first kappa shape index (κ1) is 13.5. The minimum Gasteiger partial charge on any atom is -0.399 e. The van der Waals surface area contributed by atoms with Crippen LogP contribution < -0.4 is 5.73 Å². The number of aryl methyl sites for hydroxylation is 1. The van der Waals surface area contributed by atoms with Gasteiger partial charge in [0.15, 0.2) is 5.82 Å². The third kappa shape index (κ3) is 2.57. The second-order valence-electron chi connectivity index (χ2n) is 4.78. The van der Waals surface area contributed by atoms with Crippen LogP contribution in [-0.2, 0) is 0 Å². The van der Waals surface area contributed by atoms with E-state index in [0.29, 0.717) is 22.6 Å². The minimum absolute atomic E-state index is 0.121. The first-order valence-corrected chi connectivity index (χ1v) is 6.38. The molecule has 102 valence electrons. The van der Waals surface area contributed by atoms with E-state index in [2.05, 4.69) is 22.4 Å². The van der Waals surface area contributed by atoms with Gasteiger partial charge in [0.05, 0.1) is 11.6 Å². The van der Waals surface area contributed by atoms with Crippen LogP contribution in [0.25, 0.3) is 11.4 Å². The van der Waals surface area contributed by atoms with Gasteiger partial charge in [0.2, 0.25) is 0 Å². The predicted octanol–water partition coefficient (Wildman–Crippen LogP) is 2.73. The van der Waals surface area contributed by atoms with Gasteiger partial charge in [-0.3, -0.25) is 0 Å². The van der Waals surface area contributed by atoms with E-state index in [4.69, 9.17) is 5.73 Å². The Morgan fingerprint density at radius 3 is 2.84 bits per heavy atom. The molecule has 0 radical (unpaired) electrons. The number of benzene rings is 1. The standard InChI is InChI=1S/C13H18FN5/c1-4-5-9(3)19-13(16-17-18-19)11-7-10(15)6-8(2)12(11)14/h6-7,9H,4-5,15H2,1-3H3. The number of nitrogens with two attached hydrogens (primary N) is 1. The van der Waals surface area contributed by atoms with Crippen molar-refractivity contribution < 1.29 is 4.39 Å². The third-order valence-corrected chi connectivity index (χ3v) is 3.13. The van der Waals surface area contributed by atoms with Crippen LogP contribution in [0.3, 0.4) is 0 Å². The molecule has 2 N–H and O–H groups in total. The Kier molecular flexibility index (Phi) is 3.78. The zero-order valence-electron chi connectivity index (χ0n) is 11.4. The highest BCUT2D eigenvalue weighted by atomic mass is 19.1. The van der Waals surface area contributed by atoms with Crippen molar-refractivity contribution in [3.8, 4) is 11.4 Å². The maximum atomic E-state index is 14.2. The van der Waals surface area contributed by atoms with E-state index in [1.807, 2.05) is 6.92 Å². The third-order valence-electron chi connectivity index (χ3n) is 3.13. The summed E-state index contributed by atoms with van der Waals surface area (Å²) in [7, 11) is 0. The molecule has 0 amide bonds. The Hall–Kier alpha value is -1.98. The number of hydrogen-bond donors (Lipinski definition) is 1. The summed E-state index contributed by atoms with van der Waals surface area (Å²) >= 11 is 0. The van der Waals surface area contributed by atoms with E-state index in [1.54, 1.807) is 23.7 Å². The average Bonchev–Trinajstić information content (AvgIpc) is 2.83. The van der Waals surface area contributed by atoms with E-state index in [0.717, 1.165) is 12.8 Å². The van der Waals surface area contributed by atoms with E-state index < -0.39 is 0 Å². The topological polar surface area (TPSA) is 69.6 Å². The Morgan fingerprint density at radius 1 is 1.42 bits per heavy atom. The van der Waals surface area contributed by atoms with Gasteiger partial charge >= 0.3 is 0 Å². The molecule has 6 heteroatoms. The summed E-state index contributed by atoms with van der Waals surface area (Å²) in [5.41, 5.74) is 7.13. The number of anilines is 1. The van der Waals surface area contributed by atoms with Gasteiger partial charge in [-0.15, -0.1) is 5.10 Å². The van der Waals surface area contributed by atoms with Gasteiger partial charge in [-0.05, 0) is 48.4 Å². The van der Waals surface area contributed by atoms with Crippen LogP contribution in [0, 0.1) is 12.7 Å². The van der Waals surface area contributed by atoms with Gasteiger partial charge in [0, 0.05) is 5.69 Å². The molecular formula is C13H18FN5. The van der Waals surface area contributed by atoms with Gasteiger partial charge in [-0.25, -0.2) is 9.07 Å². The summed E-state index contributed by atoms with van der Waals surface area (Å²) in [6.45, 7) is 5.78. The second kappa shape index (κ2) is 5.34. The van der Waals surface area contributed by atoms with Crippen molar-refractivity contribution in [1.29, 1.82) is 0 Å². The molecule has 0 bridgehead atoms. The van der Waals surface area contributed by atoms with Crippen molar-refractivity contribution in [1.82, 2.24) is 20.2 Å². The highest BCUT2D eigenvalue weighted by molar-refractivity contribution is 5.63. The van der Waals surface area contributed by atoms with E-state index in [9.17, 15) is 4.39 Å². The van der Waals surface area contributed by atoms with Crippen LogP contribution >= 0.6 is 0 Å². The number of hydrogen-bond acceptors (Lipinski definition) is 4. The number of halogens is 1. The zero-order chi connectivity index (χ0) is 14.0. The number of nitrogens with zero attached hydrogens (tertiary/aromatic N) is 4. The normalized spacial score (nSPS) is 12.6. The maximum Gasteiger partial charge on any atom is 0.185 e. The summed E-state index contributed by atoms with van der Waals surface area (Å²) in [4.78, 5) is 0. The molecule has 1 heterocycles. The lowest BCUT2D eigenvalue weighted by molar-refractivity contribution is 0.446. The monoisotopic (exact) mass is 263 g/mol. The maximum absolute atomic E-state index is 14.2. The minimum atomic E-state index is -0.325. The van der Waals surface area contributed by atoms with Crippen molar-refractivity contribution in [3.05, 3.63) is 23.5 Å². The molecular weight excluding hydrogens is 245 g/mol. The lowest BCUT2D eigenvalue weighted by atomic mass is 10.1. The molecule has 0 saturated carbocycles. The fourth-order valence-corrected chi connectivity index (χ4v) is 2.17. The van der Waals surface area contributed by atoms with Crippen LogP contribution in [0.15, 0.2) is 12.1 Å². The van der Waals surface area contributed by atoms with Gasteiger partial charge in [-0.2, -0.15) is 0 Å². The van der Waals surface area contributed by atoms with Crippen LogP contribution in [0.4, 0.5) is 10.1 Å². The van der Waals surface area contributed by atoms with Crippen LogP contribution in [0.2, 0.25) is 0 Å². The molecule has 0 saturated heterocycles. The smallest absolute Gasteiger partial charge is 0.185 e. The fourth-order valence-electron chi connectivity index (χ4n) is 2.17. The summed E-state index contributed by atoms with van der Waals surface area (Å²) in [5, 5.41) is 11.6. The average molecular weight is 263 g/mol. The molecule has 1 unspecified atom stereocenters. The van der Waals surface area contributed by atoms with E-state index in [-0.39, 0.29) is 11.9 Å². The van der Waals surface area contributed by atoms with Gasteiger partial charge in [0.25, 0.3) is 0 Å². The van der Waals surface area contributed by atoms with Crippen LogP contribution in [0.5, 0.6) is 0 Å². The quantitative estimate of drug-likeness (QED) is 0.861. The predicted molar refractivity (Wildman–Crippen MR) is 72.0 cm³/mol. The zero-order valence-corrected chi connectivity index (χ0v) is 11.4. The molecule has 2 aromatic rings. The summed E-state index contributed by atoms with van der Waals surface area (Å²) in [5.74, 6) is 0.0998. The van der Waals surface area contributed by atoms with Crippen LogP contribution in [0.1, 0.15) is 38.3 Å². The summed E-state index contributed by atoms with van der Waals surface area (Å²) in [6, 6.07) is 3.29. The fraction of sp³-hybridized carbons (Fsp3) is 0.462. The Morgan fingerprint density at radius 2 is 2.16 bits per heavy atom. The summed E-state index contributed by atoms with van der Waals surface area (Å²) < 4.78 is 15.9. The highest BCUT2D eigenvalue weighted by Crippen LogP contribution is 2.27. The molecule has 1 aromatic heterocycles. The molecule has 2 rings (SSSR count). The Bertz CT molecular complexity index is 578. The molecule has 0 aliphatic rings. The Balaban J connectivity index is 2.51. The second-order valence-corrected chi connectivity index (χ2v) is 4.78. The lowest BCUT2D eigenvalue weighted by Gasteiger charge is -2.13. The highest BCUT2D eigenvalue weighted by Gasteiger charge is 2.18. The molecule has 1 atom stereocenters. The lowest BCUT2D eigenvalue weighted by Crippen LogP contribution is -2.10. The number of aromatic nitrogens is 4. The van der Waals surface area contributed by atoms with Crippen molar-refractivity contribution >= 4 is 5.69 Å². The van der Waals surface area contributed by atoms with Gasteiger partial charge in [-0.1, -0.05) is 13.3 Å².